The van der Waals surface area contributed by atoms with Gasteiger partial charge in [-0.15, -0.1) is 0 Å². The van der Waals surface area contributed by atoms with E-state index in [9.17, 15) is 9.90 Å². The van der Waals surface area contributed by atoms with Gasteiger partial charge < -0.3 is 5.11 Å². The number of halogens is 2. The van der Waals surface area contributed by atoms with Gasteiger partial charge in [-0.2, -0.15) is 0 Å². The van der Waals surface area contributed by atoms with Crippen molar-refractivity contribution >= 4 is 29.2 Å². The fourth-order valence-electron chi connectivity index (χ4n) is 3.00. The summed E-state index contributed by atoms with van der Waals surface area (Å²) in [7, 11) is 0. The summed E-state index contributed by atoms with van der Waals surface area (Å²) < 4.78 is -1.22. The van der Waals surface area contributed by atoms with E-state index in [1.165, 1.54) is 11.1 Å². The Morgan fingerprint density at radius 2 is 1.73 bits per heavy atom. The van der Waals surface area contributed by atoms with Crippen LogP contribution < -0.4 is 0 Å². The maximum atomic E-state index is 11.6. The first-order valence-corrected chi connectivity index (χ1v) is 7.98. The van der Waals surface area contributed by atoms with Crippen LogP contribution in [0.15, 0.2) is 48.5 Å². The first kappa shape index (κ1) is 15.4. The Bertz CT molecular complexity index is 722. The van der Waals surface area contributed by atoms with Gasteiger partial charge in [0, 0.05) is 6.42 Å². The topological polar surface area (TPSA) is 37.3 Å². The third-order valence-corrected chi connectivity index (χ3v) is 5.35. The van der Waals surface area contributed by atoms with Gasteiger partial charge in [0.15, 0.2) is 0 Å². The molecule has 0 aromatic heterocycles. The quantitative estimate of drug-likeness (QED) is 0.814. The van der Waals surface area contributed by atoms with Crippen LogP contribution in [0.3, 0.4) is 0 Å². The Hall–Kier alpha value is -1.51. The number of alkyl halides is 2. The van der Waals surface area contributed by atoms with E-state index in [0.717, 1.165) is 12.0 Å². The van der Waals surface area contributed by atoms with Crippen molar-refractivity contribution in [3.63, 3.8) is 0 Å². The molecule has 0 radical (unpaired) electrons. The zero-order valence-electron chi connectivity index (χ0n) is 12.1. The van der Waals surface area contributed by atoms with Crippen LogP contribution in [0.5, 0.6) is 0 Å². The third kappa shape index (κ3) is 2.22. The zero-order valence-corrected chi connectivity index (χ0v) is 13.7. The molecule has 114 valence electrons. The minimum absolute atomic E-state index is 0.239. The van der Waals surface area contributed by atoms with Crippen molar-refractivity contribution in [2.45, 2.75) is 29.5 Å². The van der Waals surface area contributed by atoms with E-state index < -0.39 is 15.7 Å². The number of carboxylic acid groups (broad SMARTS) is 1. The highest BCUT2D eigenvalue weighted by Crippen LogP contribution is 2.65. The Morgan fingerprint density at radius 1 is 1.14 bits per heavy atom. The van der Waals surface area contributed by atoms with Gasteiger partial charge in [-0.3, -0.25) is 4.79 Å². The molecule has 1 fully saturated rings. The normalized spacial score (nSPS) is 22.3. The van der Waals surface area contributed by atoms with Crippen LogP contribution in [-0.4, -0.2) is 15.4 Å². The van der Waals surface area contributed by atoms with Crippen LogP contribution in [0.4, 0.5) is 0 Å². The minimum atomic E-state index is -1.22. The maximum Gasteiger partial charge on any atom is 0.317 e. The molecule has 1 aliphatic carbocycles. The number of aryl methyl sites for hydroxylation is 1. The fourth-order valence-corrected chi connectivity index (χ4v) is 3.78. The van der Waals surface area contributed by atoms with Crippen LogP contribution in [0.25, 0.3) is 11.1 Å². The Kier molecular flexibility index (Phi) is 3.70. The molecule has 0 amide bonds. The summed E-state index contributed by atoms with van der Waals surface area (Å²) in [5, 5.41) is 9.49. The minimum Gasteiger partial charge on any atom is -0.480 e. The summed E-state index contributed by atoms with van der Waals surface area (Å²) in [6, 6.07) is 15.7. The van der Waals surface area contributed by atoms with Crippen LogP contribution in [-0.2, 0) is 16.6 Å². The molecule has 0 bridgehead atoms. The summed E-state index contributed by atoms with van der Waals surface area (Å²) in [4.78, 5) is 11.6. The Labute approximate surface area is 139 Å². The Balaban J connectivity index is 1.99. The van der Waals surface area contributed by atoms with Crippen LogP contribution in [0, 0.1) is 0 Å². The molecule has 0 saturated heterocycles. The predicted molar refractivity (Wildman–Crippen MR) is 89.6 cm³/mol. The van der Waals surface area contributed by atoms with Crippen molar-refractivity contribution in [2.24, 2.45) is 0 Å². The average molecular weight is 335 g/mol. The molecule has 22 heavy (non-hydrogen) atoms. The van der Waals surface area contributed by atoms with Gasteiger partial charge in [0.2, 0.25) is 0 Å². The molecule has 1 atom stereocenters. The van der Waals surface area contributed by atoms with E-state index in [1.807, 2.05) is 36.4 Å². The Morgan fingerprint density at radius 3 is 2.23 bits per heavy atom. The van der Waals surface area contributed by atoms with Gasteiger partial charge in [-0.05, 0) is 28.7 Å². The van der Waals surface area contributed by atoms with Gasteiger partial charge in [-0.1, -0.05) is 78.7 Å². The first-order chi connectivity index (χ1) is 10.4. The smallest absolute Gasteiger partial charge is 0.317 e. The molecule has 2 aromatic carbocycles. The van der Waals surface area contributed by atoms with Crippen molar-refractivity contribution in [2.75, 3.05) is 0 Å². The number of hydrogen-bond donors (Lipinski definition) is 1. The van der Waals surface area contributed by atoms with E-state index in [2.05, 4.69) is 19.1 Å². The molecule has 1 aliphatic rings. The van der Waals surface area contributed by atoms with Crippen molar-refractivity contribution in [3.05, 3.63) is 59.7 Å². The van der Waals surface area contributed by atoms with E-state index in [0.29, 0.717) is 5.56 Å². The van der Waals surface area contributed by atoms with Crippen molar-refractivity contribution < 1.29 is 9.90 Å². The zero-order chi connectivity index (χ0) is 16.0. The summed E-state index contributed by atoms with van der Waals surface area (Å²) >= 11 is 12.2. The summed E-state index contributed by atoms with van der Waals surface area (Å²) in [5.41, 5.74) is 2.97. The lowest BCUT2D eigenvalue weighted by molar-refractivity contribution is -0.140. The third-order valence-electron chi connectivity index (χ3n) is 4.44. The van der Waals surface area contributed by atoms with Gasteiger partial charge >= 0.3 is 5.97 Å². The lowest BCUT2D eigenvalue weighted by atomic mass is 9.92. The second-order valence-corrected chi connectivity index (χ2v) is 7.16. The molecule has 2 aromatic rings. The number of aliphatic carboxylic acids is 1. The SMILES string of the molecule is CCc1ccccc1-c1ccc(C2(C(=O)O)CC2(Cl)Cl)cc1. The van der Waals surface area contributed by atoms with Crippen LogP contribution >= 0.6 is 23.2 Å². The molecule has 2 nitrogen and oxygen atoms in total. The van der Waals surface area contributed by atoms with Gasteiger partial charge in [0.25, 0.3) is 0 Å². The first-order valence-electron chi connectivity index (χ1n) is 7.22. The second kappa shape index (κ2) is 5.29. The molecule has 1 saturated carbocycles. The molecule has 0 spiro atoms. The molecule has 0 heterocycles. The molecule has 0 aliphatic heterocycles. The summed E-state index contributed by atoms with van der Waals surface area (Å²) in [5.74, 6) is -0.973. The van der Waals surface area contributed by atoms with Crippen molar-refractivity contribution in [1.29, 1.82) is 0 Å². The van der Waals surface area contributed by atoms with E-state index >= 15 is 0 Å². The number of benzene rings is 2. The molecule has 1 unspecified atom stereocenters. The number of rotatable bonds is 4. The van der Waals surface area contributed by atoms with E-state index in [1.54, 1.807) is 0 Å². The summed E-state index contributed by atoms with van der Waals surface area (Å²) in [6.07, 6.45) is 1.19. The van der Waals surface area contributed by atoms with E-state index in [4.69, 9.17) is 23.2 Å². The highest BCUT2D eigenvalue weighted by atomic mass is 35.5. The molecular weight excluding hydrogens is 319 g/mol. The second-order valence-electron chi connectivity index (χ2n) is 5.68. The molecule has 3 rings (SSSR count). The predicted octanol–water partition coefficient (Wildman–Crippen LogP) is 4.82. The van der Waals surface area contributed by atoms with Crippen molar-refractivity contribution in [3.8, 4) is 11.1 Å². The summed E-state index contributed by atoms with van der Waals surface area (Å²) in [6.45, 7) is 2.12. The van der Waals surface area contributed by atoms with Crippen LogP contribution in [0.2, 0.25) is 0 Å². The van der Waals surface area contributed by atoms with Crippen LogP contribution in [0.1, 0.15) is 24.5 Å². The van der Waals surface area contributed by atoms with E-state index in [-0.39, 0.29) is 6.42 Å². The number of hydrogen-bond acceptors (Lipinski definition) is 1. The monoisotopic (exact) mass is 334 g/mol. The standard InChI is InChI=1S/C18H16Cl2O2/c1-2-12-5-3-4-6-15(12)13-7-9-14(10-8-13)17(16(21)22)11-18(17,19)20/h3-10H,2,11H2,1H3,(H,21,22). The van der Waals surface area contributed by atoms with Gasteiger partial charge in [0.05, 0.1) is 0 Å². The fraction of sp³-hybridized carbons (Fsp3) is 0.278. The highest BCUT2D eigenvalue weighted by molar-refractivity contribution is 6.54. The lowest BCUT2D eigenvalue weighted by Crippen LogP contribution is -2.26. The maximum absolute atomic E-state index is 11.6. The number of carbonyl (C=O) groups is 1. The lowest BCUT2D eigenvalue weighted by Gasteiger charge is -2.15. The molecular formula is C18H16Cl2O2. The highest BCUT2D eigenvalue weighted by Gasteiger charge is 2.72. The van der Waals surface area contributed by atoms with Gasteiger partial charge in [-0.25, -0.2) is 0 Å². The molecule has 4 heteroatoms. The molecule has 1 N–H and O–H groups in total. The largest absolute Gasteiger partial charge is 0.480 e. The van der Waals surface area contributed by atoms with Gasteiger partial charge in [0.1, 0.15) is 9.75 Å². The van der Waals surface area contributed by atoms with Crippen molar-refractivity contribution in [1.82, 2.24) is 0 Å². The average Bonchev–Trinajstić information content (AvgIpc) is 3.12. The number of carboxylic acids is 1.